The molecule has 1 N–H and O–H groups in total. The molecule has 198 valence electrons. The maximum absolute atomic E-state index is 13.0. The van der Waals surface area contributed by atoms with Gasteiger partial charge in [-0.2, -0.15) is 0 Å². The van der Waals surface area contributed by atoms with E-state index in [1.165, 1.54) is 6.42 Å². The number of ether oxygens (including phenoxy) is 3. The van der Waals surface area contributed by atoms with Crippen LogP contribution in [0, 0.1) is 5.92 Å². The van der Waals surface area contributed by atoms with Crippen LogP contribution in [-0.2, 0) is 19.1 Å². The lowest BCUT2D eigenvalue weighted by atomic mass is 9.89. The monoisotopic (exact) mass is 501 g/mol. The van der Waals surface area contributed by atoms with Gasteiger partial charge in [0.25, 0.3) is 0 Å². The topological polar surface area (TPSA) is 102 Å². The predicted octanol–water partition coefficient (Wildman–Crippen LogP) is 4.71. The smallest absolute Gasteiger partial charge is 0.331 e. The number of esters is 1. The summed E-state index contributed by atoms with van der Waals surface area (Å²) in [5.41, 5.74) is 0.705. The van der Waals surface area contributed by atoms with Crippen LogP contribution >= 0.6 is 0 Å². The van der Waals surface area contributed by atoms with Crippen molar-refractivity contribution in [1.29, 1.82) is 0 Å². The molecule has 0 aromatic heterocycles. The molecule has 3 rings (SSSR count). The molecule has 2 aliphatic heterocycles. The Morgan fingerprint density at radius 1 is 1.03 bits per heavy atom. The molecular weight excluding hydrogens is 462 g/mol. The maximum atomic E-state index is 13.0. The highest BCUT2D eigenvalue weighted by molar-refractivity contribution is 5.90. The molecule has 0 saturated carbocycles. The number of rotatable bonds is 15. The molecule has 8 nitrogen and oxygen atoms in total. The third-order valence-corrected chi connectivity index (χ3v) is 6.67. The first-order chi connectivity index (χ1) is 17.5. The number of carbonyl (C=O) groups is 3. The average molecular weight is 502 g/mol. The van der Waals surface area contributed by atoms with Crippen molar-refractivity contribution < 1.29 is 33.7 Å². The van der Waals surface area contributed by atoms with Crippen molar-refractivity contribution in [1.82, 2.24) is 4.90 Å². The number of Topliss-reactive ketones (excluding diaryl/α,β-unsaturated/α-hetero) is 1. The molecule has 0 bridgehead atoms. The van der Waals surface area contributed by atoms with E-state index < -0.39 is 18.0 Å². The summed E-state index contributed by atoms with van der Waals surface area (Å²) in [6.45, 7) is 5.58. The molecule has 1 aromatic rings. The van der Waals surface area contributed by atoms with Crippen LogP contribution in [0.1, 0.15) is 76.4 Å². The molecule has 1 saturated heterocycles. The molecule has 0 amide bonds. The summed E-state index contributed by atoms with van der Waals surface area (Å²) in [6, 6.07) is 5.43. The van der Waals surface area contributed by atoms with E-state index in [2.05, 4.69) is 11.8 Å². The molecule has 2 aliphatic rings. The number of unbranched alkanes of at least 4 members (excludes halogenated alkanes) is 4. The van der Waals surface area contributed by atoms with Gasteiger partial charge in [-0.3, -0.25) is 4.79 Å². The van der Waals surface area contributed by atoms with Crippen LogP contribution in [-0.4, -0.2) is 60.6 Å². The minimum atomic E-state index is -1.23. The number of carboxylic acid groups (broad SMARTS) is 1. The van der Waals surface area contributed by atoms with Crippen LogP contribution in [0.15, 0.2) is 30.4 Å². The Bertz CT molecular complexity index is 907. The van der Waals surface area contributed by atoms with E-state index in [0.717, 1.165) is 63.8 Å². The fourth-order valence-electron chi connectivity index (χ4n) is 4.86. The maximum Gasteiger partial charge on any atom is 0.331 e. The molecule has 2 heterocycles. The number of carboxylic acids is 1. The van der Waals surface area contributed by atoms with Crippen molar-refractivity contribution in [2.75, 3.05) is 32.8 Å². The van der Waals surface area contributed by atoms with Crippen LogP contribution in [0.25, 0.3) is 0 Å². The van der Waals surface area contributed by atoms with Crippen molar-refractivity contribution in [3.63, 3.8) is 0 Å². The number of ketones is 1. The van der Waals surface area contributed by atoms with Crippen LogP contribution in [0.4, 0.5) is 0 Å². The van der Waals surface area contributed by atoms with Crippen LogP contribution in [0.3, 0.4) is 0 Å². The van der Waals surface area contributed by atoms with E-state index in [9.17, 15) is 14.4 Å². The molecule has 0 aliphatic carbocycles. The number of aliphatic carboxylic acids is 1. The van der Waals surface area contributed by atoms with E-state index in [4.69, 9.17) is 19.3 Å². The van der Waals surface area contributed by atoms with Crippen molar-refractivity contribution in [2.24, 2.45) is 5.92 Å². The number of carbonyl (C=O) groups excluding carboxylic acids is 2. The lowest BCUT2D eigenvalue weighted by molar-refractivity contribution is -0.148. The molecule has 2 atom stereocenters. The lowest BCUT2D eigenvalue weighted by Crippen LogP contribution is -2.33. The van der Waals surface area contributed by atoms with Gasteiger partial charge in [-0.1, -0.05) is 38.7 Å². The molecular formula is C28H39NO7. The third kappa shape index (κ3) is 8.97. The number of benzene rings is 1. The Kier molecular flexibility index (Phi) is 11.3. The minimum absolute atomic E-state index is 0.162. The molecule has 0 unspecified atom stereocenters. The van der Waals surface area contributed by atoms with Gasteiger partial charge in [0.2, 0.25) is 0 Å². The van der Waals surface area contributed by atoms with Crippen molar-refractivity contribution >= 4 is 17.7 Å². The zero-order chi connectivity index (χ0) is 25.8. The van der Waals surface area contributed by atoms with E-state index in [0.29, 0.717) is 49.7 Å². The van der Waals surface area contributed by atoms with Gasteiger partial charge in [0, 0.05) is 37.5 Å². The molecule has 36 heavy (non-hydrogen) atoms. The number of fused-ring (bicyclic) bond motifs is 1. The highest BCUT2D eigenvalue weighted by Gasteiger charge is 2.32. The molecule has 0 spiro atoms. The summed E-state index contributed by atoms with van der Waals surface area (Å²) in [5, 5.41) is 8.92. The predicted molar refractivity (Wildman–Crippen MR) is 135 cm³/mol. The second-order valence-electron chi connectivity index (χ2n) is 9.61. The normalized spacial score (nSPS) is 17.1. The number of likely N-dealkylation sites (tertiary alicyclic amines) is 1. The molecule has 1 aromatic carbocycles. The van der Waals surface area contributed by atoms with Gasteiger partial charge >= 0.3 is 11.9 Å². The van der Waals surface area contributed by atoms with Gasteiger partial charge < -0.3 is 24.2 Å². The summed E-state index contributed by atoms with van der Waals surface area (Å²) in [4.78, 5) is 38.9. The Labute approximate surface area is 213 Å². The Morgan fingerprint density at radius 3 is 2.47 bits per heavy atom. The first-order valence-corrected chi connectivity index (χ1v) is 13.2. The SMILES string of the molecule is CCCCCCCC(=O)C[C@H](CN1CCCC1)[C@H](OC(=O)/C=C/C(=O)O)c1ccc2c(c1)OCCO2. The molecule has 0 radical (unpaired) electrons. The van der Waals surface area contributed by atoms with Gasteiger partial charge in [0.15, 0.2) is 11.5 Å². The van der Waals surface area contributed by atoms with Crippen molar-refractivity contribution in [3.8, 4) is 11.5 Å². The number of hydrogen-bond donors (Lipinski definition) is 1. The van der Waals surface area contributed by atoms with Crippen molar-refractivity contribution in [3.05, 3.63) is 35.9 Å². The quantitative estimate of drug-likeness (QED) is 0.209. The van der Waals surface area contributed by atoms with E-state index >= 15 is 0 Å². The highest BCUT2D eigenvalue weighted by atomic mass is 16.6. The summed E-state index contributed by atoms with van der Waals surface area (Å²) in [7, 11) is 0. The lowest BCUT2D eigenvalue weighted by Gasteiger charge is -2.31. The zero-order valence-corrected chi connectivity index (χ0v) is 21.3. The Morgan fingerprint density at radius 2 is 1.75 bits per heavy atom. The fourth-order valence-corrected chi connectivity index (χ4v) is 4.86. The standard InChI is InChI=1S/C28H39NO7/c1-2-3-4-5-6-9-23(30)18-22(20-29-14-7-8-15-29)28(36-27(33)13-12-26(31)32)21-10-11-24-25(19-21)35-17-16-34-24/h10-13,19,22,28H,2-9,14-18,20H2,1H3,(H,31,32)/b13-12+/t22-,28-/m1/s1. The molecule has 1 fully saturated rings. The second-order valence-corrected chi connectivity index (χ2v) is 9.61. The Hall–Kier alpha value is -2.87. The fraction of sp³-hybridized carbons (Fsp3) is 0.607. The van der Waals surface area contributed by atoms with Gasteiger partial charge in [0.1, 0.15) is 25.1 Å². The van der Waals surface area contributed by atoms with Gasteiger partial charge in [-0.15, -0.1) is 0 Å². The van der Waals surface area contributed by atoms with Gasteiger partial charge in [-0.25, -0.2) is 9.59 Å². The number of hydrogen-bond acceptors (Lipinski definition) is 7. The third-order valence-electron chi connectivity index (χ3n) is 6.67. The van der Waals surface area contributed by atoms with E-state index in [1.807, 2.05) is 6.07 Å². The minimum Gasteiger partial charge on any atom is -0.486 e. The summed E-state index contributed by atoms with van der Waals surface area (Å²) in [5.74, 6) is -0.889. The van der Waals surface area contributed by atoms with Gasteiger partial charge in [0.05, 0.1) is 0 Å². The first-order valence-electron chi connectivity index (χ1n) is 13.2. The van der Waals surface area contributed by atoms with Crippen LogP contribution < -0.4 is 9.47 Å². The Balaban J connectivity index is 1.82. The molecule has 8 heteroatoms. The van der Waals surface area contributed by atoms with E-state index in [-0.39, 0.29) is 11.7 Å². The first kappa shape index (κ1) is 27.7. The average Bonchev–Trinajstić information content (AvgIpc) is 3.38. The van der Waals surface area contributed by atoms with Crippen LogP contribution in [0.2, 0.25) is 0 Å². The summed E-state index contributed by atoms with van der Waals surface area (Å²) >= 11 is 0. The van der Waals surface area contributed by atoms with Gasteiger partial charge in [-0.05, 0) is 50.0 Å². The summed E-state index contributed by atoms with van der Waals surface area (Å²) in [6.07, 6.45) is 9.34. The summed E-state index contributed by atoms with van der Waals surface area (Å²) < 4.78 is 17.2. The van der Waals surface area contributed by atoms with Crippen molar-refractivity contribution in [2.45, 2.75) is 70.8 Å². The zero-order valence-electron chi connectivity index (χ0n) is 21.3. The number of nitrogens with zero attached hydrogens (tertiary/aromatic N) is 1. The highest BCUT2D eigenvalue weighted by Crippen LogP contribution is 2.38. The van der Waals surface area contributed by atoms with E-state index in [1.54, 1.807) is 12.1 Å². The van der Waals surface area contributed by atoms with Crippen LogP contribution in [0.5, 0.6) is 11.5 Å². The second kappa shape index (κ2) is 14.6. The largest absolute Gasteiger partial charge is 0.486 e.